The van der Waals surface area contributed by atoms with Crippen LogP contribution < -0.4 is 21.1 Å². The van der Waals surface area contributed by atoms with E-state index in [4.69, 9.17) is 4.74 Å². The summed E-state index contributed by atoms with van der Waals surface area (Å²) in [5.74, 6) is 0.856. The Morgan fingerprint density at radius 1 is 1.24 bits per heavy atom. The van der Waals surface area contributed by atoms with E-state index in [-0.39, 0.29) is 5.91 Å². The van der Waals surface area contributed by atoms with Crippen molar-refractivity contribution in [3.63, 3.8) is 0 Å². The zero-order valence-electron chi connectivity index (χ0n) is 13.8. The van der Waals surface area contributed by atoms with Crippen LogP contribution >= 0.6 is 0 Å². The third kappa shape index (κ3) is 4.93. The number of carbonyl (C=O) groups excluding carboxylic acids is 2. The number of urea groups is 1. The molecule has 0 saturated heterocycles. The highest BCUT2D eigenvalue weighted by Gasteiger charge is 2.08. The lowest BCUT2D eigenvalue weighted by molar-refractivity contribution is 0.102. The molecule has 3 amide bonds. The van der Waals surface area contributed by atoms with E-state index >= 15 is 0 Å². The fourth-order valence-electron chi connectivity index (χ4n) is 1.83. The van der Waals surface area contributed by atoms with Crippen LogP contribution in [0.15, 0.2) is 48.8 Å². The molecule has 0 atom stereocenters. The number of rotatable bonds is 3. The molecule has 3 aromatic rings. The van der Waals surface area contributed by atoms with Crippen LogP contribution in [0.25, 0.3) is 5.65 Å². The highest BCUT2D eigenvalue weighted by Crippen LogP contribution is 2.14. The molecule has 130 valence electrons. The molecule has 4 N–H and O–H groups in total. The first kappa shape index (κ1) is 17.7. The van der Waals surface area contributed by atoms with Crippen LogP contribution in [-0.2, 0) is 0 Å². The number of carbonyl (C=O) groups is 2. The van der Waals surface area contributed by atoms with Gasteiger partial charge in [-0.3, -0.25) is 4.79 Å². The summed E-state index contributed by atoms with van der Waals surface area (Å²) in [7, 11) is 3.04. The van der Waals surface area contributed by atoms with Crippen molar-refractivity contribution in [1.82, 2.24) is 19.9 Å². The fraction of sp³-hybridized carbons (Fsp3) is 0.125. The zero-order valence-corrected chi connectivity index (χ0v) is 13.8. The summed E-state index contributed by atoms with van der Waals surface area (Å²) in [6, 6.07) is 9.94. The number of ether oxygens (including phenoxy) is 1. The number of benzene rings is 1. The summed E-state index contributed by atoms with van der Waals surface area (Å²) in [6.45, 7) is 0. The van der Waals surface area contributed by atoms with Crippen LogP contribution in [0.4, 0.5) is 10.6 Å². The Labute approximate surface area is 143 Å². The number of hydrogen-bond acceptors (Lipinski definition) is 5. The first-order chi connectivity index (χ1) is 12.0. The largest absolute Gasteiger partial charge is 0.497 e. The van der Waals surface area contributed by atoms with Crippen molar-refractivity contribution in [1.29, 1.82) is 0 Å². The van der Waals surface area contributed by atoms with Gasteiger partial charge >= 0.3 is 6.03 Å². The fourth-order valence-corrected chi connectivity index (χ4v) is 1.83. The Balaban J connectivity index is 0.000000399. The van der Waals surface area contributed by atoms with Gasteiger partial charge in [0.05, 0.1) is 7.11 Å². The number of nitrogens with one attached hydrogen (secondary N) is 2. The van der Waals surface area contributed by atoms with Gasteiger partial charge in [-0.1, -0.05) is 6.07 Å². The molecule has 2 aromatic heterocycles. The highest BCUT2D eigenvalue weighted by atomic mass is 16.5. The molecule has 0 aliphatic carbocycles. The third-order valence-electron chi connectivity index (χ3n) is 3.08. The second-order valence-electron chi connectivity index (χ2n) is 4.75. The minimum atomic E-state index is -0.495. The number of fused-ring (bicyclic) bond motifs is 1. The van der Waals surface area contributed by atoms with Crippen LogP contribution in [0.1, 0.15) is 10.4 Å². The van der Waals surface area contributed by atoms with Gasteiger partial charge in [0.25, 0.3) is 5.91 Å². The van der Waals surface area contributed by atoms with Gasteiger partial charge < -0.3 is 21.1 Å². The van der Waals surface area contributed by atoms with Gasteiger partial charge in [-0.05, 0) is 30.3 Å². The molecule has 1 aromatic carbocycles. The van der Waals surface area contributed by atoms with Crippen molar-refractivity contribution in [3.05, 3.63) is 54.4 Å². The molecule has 0 aliphatic heterocycles. The Kier molecular flexibility index (Phi) is 5.88. The molecule has 2 heterocycles. The Morgan fingerprint density at radius 3 is 2.68 bits per heavy atom. The first-order valence-corrected chi connectivity index (χ1v) is 7.26. The van der Waals surface area contributed by atoms with Crippen molar-refractivity contribution in [2.24, 2.45) is 5.73 Å². The van der Waals surface area contributed by atoms with Gasteiger partial charge in [0.1, 0.15) is 5.75 Å². The van der Waals surface area contributed by atoms with E-state index in [9.17, 15) is 9.59 Å². The predicted octanol–water partition coefficient (Wildman–Crippen LogP) is 1.27. The maximum absolute atomic E-state index is 12.1. The van der Waals surface area contributed by atoms with Gasteiger partial charge in [-0.15, -0.1) is 5.10 Å². The molecule has 9 heteroatoms. The summed E-state index contributed by atoms with van der Waals surface area (Å²) in [5, 5.41) is 9.14. The van der Waals surface area contributed by atoms with Crippen LogP contribution in [0.3, 0.4) is 0 Å². The van der Waals surface area contributed by atoms with Crippen LogP contribution in [0.2, 0.25) is 0 Å². The number of aromatic nitrogens is 3. The summed E-state index contributed by atoms with van der Waals surface area (Å²) >= 11 is 0. The van der Waals surface area contributed by atoms with Gasteiger partial charge in [-0.25, -0.2) is 14.3 Å². The quantitative estimate of drug-likeness (QED) is 0.661. The van der Waals surface area contributed by atoms with E-state index in [1.54, 1.807) is 60.4 Å². The molecule has 0 aliphatic rings. The van der Waals surface area contributed by atoms with Gasteiger partial charge in [0.2, 0.25) is 0 Å². The smallest absolute Gasteiger partial charge is 0.311 e. The molecule has 0 spiro atoms. The zero-order chi connectivity index (χ0) is 18.2. The number of methoxy groups -OCH3 is 1. The predicted molar refractivity (Wildman–Crippen MR) is 92.6 cm³/mol. The normalized spacial score (nSPS) is 9.68. The molecule has 0 unspecified atom stereocenters. The van der Waals surface area contributed by atoms with Crippen molar-refractivity contribution >= 4 is 23.4 Å². The lowest BCUT2D eigenvalue weighted by Gasteiger charge is -2.06. The highest BCUT2D eigenvalue weighted by molar-refractivity contribution is 6.04. The Morgan fingerprint density at radius 2 is 2.00 bits per heavy atom. The van der Waals surface area contributed by atoms with Gasteiger partial charge in [0.15, 0.2) is 11.5 Å². The minimum absolute atomic E-state index is 0.240. The third-order valence-corrected chi connectivity index (χ3v) is 3.08. The van der Waals surface area contributed by atoms with Crippen molar-refractivity contribution in [2.75, 3.05) is 19.5 Å². The van der Waals surface area contributed by atoms with Crippen LogP contribution in [0, 0.1) is 0 Å². The molecule has 3 rings (SSSR count). The Bertz CT molecular complexity index is 877. The van der Waals surface area contributed by atoms with Crippen molar-refractivity contribution in [3.8, 4) is 5.75 Å². The number of nitrogens with two attached hydrogens (primary N) is 1. The number of nitrogens with zero attached hydrogens (tertiary/aromatic N) is 3. The number of amides is 3. The first-order valence-electron chi connectivity index (χ1n) is 7.26. The van der Waals surface area contributed by atoms with Crippen LogP contribution in [-0.4, -0.2) is 40.7 Å². The van der Waals surface area contributed by atoms with Crippen LogP contribution in [0.5, 0.6) is 5.75 Å². The van der Waals surface area contributed by atoms with Crippen molar-refractivity contribution in [2.45, 2.75) is 0 Å². The summed E-state index contributed by atoms with van der Waals surface area (Å²) < 4.78 is 6.69. The second-order valence-corrected chi connectivity index (χ2v) is 4.75. The maximum atomic E-state index is 12.1. The average Bonchev–Trinajstić information content (AvgIpc) is 3.10. The molecule has 0 saturated carbocycles. The Hall–Kier alpha value is -3.62. The number of anilines is 1. The monoisotopic (exact) mass is 342 g/mol. The standard InChI is InChI=1S/C14H12N4O2.C2H6N2O/c1-20-11-4-2-3-10(9-11)14(19)16-12-5-6-13-15-7-8-18(13)17-12;1-4-2(3)5/h2-9H,1H3,(H,16,17,19);1H3,(H3,3,4,5). The number of imidazole rings is 1. The molecule has 0 fully saturated rings. The topological polar surface area (TPSA) is 124 Å². The molecule has 0 radical (unpaired) electrons. The summed E-state index contributed by atoms with van der Waals surface area (Å²) in [4.78, 5) is 25.7. The summed E-state index contributed by atoms with van der Waals surface area (Å²) in [6.07, 6.45) is 3.37. The second kappa shape index (κ2) is 8.29. The van der Waals surface area contributed by atoms with E-state index in [2.05, 4.69) is 26.4 Å². The molecular formula is C16H18N6O3. The van der Waals surface area contributed by atoms with E-state index in [0.717, 1.165) is 5.65 Å². The van der Waals surface area contributed by atoms with E-state index in [0.29, 0.717) is 17.1 Å². The lowest BCUT2D eigenvalue weighted by atomic mass is 10.2. The summed E-state index contributed by atoms with van der Waals surface area (Å²) in [5.41, 5.74) is 5.78. The molecular weight excluding hydrogens is 324 g/mol. The minimum Gasteiger partial charge on any atom is -0.497 e. The molecule has 25 heavy (non-hydrogen) atoms. The van der Waals surface area contributed by atoms with Gasteiger partial charge in [-0.2, -0.15) is 0 Å². The molecule has 0 bridgehead atoms. The average molecular weight is 342 g/mol. The SMILES string of the molecule is CNC(N)=O.COc1cccc(C(=O)Nc2ccc3nccn3n2)c1. The maximum Gasteiger partial charge on any atom is 0.311 e. The van der Waals surface area contributed by atoms with E-state index in [1.165, 1.54) is 7.05 Å². The lowest BCUT2D eigenvalue weighted by Crippen LogP contribution is -2.24. The number of hydrogen-bond donors (Lipinski definition) is 3. The van der Waals surface area contributed by atoms with Crippen molar-refractivity contribution < 1.29 is 14.3 Å². The van der Waals surface area contributed by atoms with E-state index in [1.807, 2.05) is 0 Å². The molecule has 9 nitrogen and oxygen atoms in total. The van der Waals surface area contributed by atoms with Gasteiger partial charge in [0, 0.05) is 25.0 Å². The number of primary amides is 1. The van der Waals surface area contributed by atoms with E-state index < -0.39 is 6.03 Å².